The van der Waals surface area contributed by atoms with E-state index in [1.165, 1.54) is 19.2 Å². The Hall–Kier alpha value is -1.15. The molecule has 24 heavy (non-hydrogen) atoms. The average molecular weight is 404 g/mol. The number of anilines is 1. The zero-order chi connectivity index (χ0) is 18.1. The molecule has 4 nitrogen and oxygen atoms in total. The molecule has 0 saturated carbocycles. The van der Waals surface area contributed by atoms with Crippen molar-refractivity contribution in [2.75, 3.05) is 25.5 Å². The number of likely N-dealkylation sites (N-methyl/N-ethyl adjacent to an activating group) is 1. The second-order valence-electron chi connectivity index (χ2n) is 5.11. The van der Waals surface area contributed by atoms with Crippen LogP contribution in [0, 0.1) is 0 Å². The maximum Gasteiger partial charge on any atom is 0.423 e. The first kappa shape index (κ1) is 19.2. The van der Waals surface area contributed by atoms with Crippen LogP contribution in [0.5, 0.6) is 0 Å². The van der Waals surface area contributed by atoms with Crippen LogP contribution in [0.2, 0.25) is 5.02 Å². The summed E-state index contributed by atoms with van der Waals surface area (Å²) in [6, 6.07) is 3.10. The van der Waals surface area contributed by atoms with Crippen molar-refractivity contribution in [2.24, 2.45) is 0 Å². The van der Waals surface area contributed by atoms with E-state index in [2.05, 4.69) is 5.32 Å². The molecule has 10 heteroatoms. The minimum atomic E-state index is -4.83. The molecule has 0 aromatic heterocycles. The molecule has 1 heterocycles. The number of hydrogen-bond acceptors (Lipinski definition) is 2. The molecule has 1 atom stereocenters. The van der Waals surface area contributed by atoms with Crippen molar-refractivity contribution in [2.45, 2.75) is 11.8 Å². The molecule has 132 valence electrons. The zero-order valence-corrected chi connectivity index (χ0v) is 14.5. The van der Waals surface area contributed by atoms with E-state index in [0.29, 0.717) is 0 Å². The van der Waals surface area contributed by atoms with E-state index in [1.54, 1.807) is 0 Å². The van der Waals surface area contributed by atoms with E-state index in [-0.39, 0.29) is 20.8 Å². The van der Waals surface area contributed by atoms with Crippen LogP contribution < -0.4 is 5.32 Å². The monoisotopic (exact) mass is 402 g/mol. The highest BCUT2D eigenvalue weighted by Crippen LogP contribution is 2.47. The summed E-state index contributed by atoms with van der Waals surface area (Å²) in [7, 11) is 1.23. The van der Waals surface area contributed by atoms with Gasteiger partial charge in [-0.2, -0.15) is 13.2 Å². The Morgan fingerprint density at radius 1 is 1.46 bits per heavy atom. The summed E-state index contributed by atoms with van der Waals surface area (Å²) in [4.78, 5) is 12.8. The lowest BCUT2D eigenvalue weighted by molar-refractivity contribution is -0.283. The number of ether oxygens (including phenoxy) is 1. The SMILES string of the molecule is CN1C[C@@](OCC=C(Cl)Cl)(C(F)(F)F)c2cc(Cl)ccc2NC1=O. The molecule has 0 saturated heterocycles. The van der Waals surface area contributed by atoms with Gasteiger partial charge in [0.2, 0.25) is 5.60 Å². The summed E-state index contributed by atoms with van der Waals surface area (Å²) >= 11 is 16.7. The Bertz CT molecular complexity index is 678. The van der Waals surface area contributed by atoms with Gasteiger partial charge in [-0.05, 0) is 24.3 Å². The lowest BCUT2D eigenvalue weighted by Gasteiger charge is -2.37. The first-order valence-corrected chi connectivity index (χ1v) is 7.74. The zero-order valence-electron chi connectivity index (χ0n) is 12.3. The van der Waals surface area contributed by atoms with E-state index in [9.17, 15) is 18.0 Å². The quantitative estimate of drug-likeness (QED) is 0.779. The van der Waals surface area contributed by atoms with Crippen molar-refractivity contribution in [3.05, 3.63) is 39.4 Å². The largest absolute Gasteiger partial charge is 0.423 e. The van der Waals surface area contributed by atoms with Crippen LogP contribution in [0.25, 0.3) is 0 Å². The first-order valence-electron chi connectivity index (χ1n) is 6.61. The van der Waals surface area contributed by atoms with Gasteiger partial charge in [0.05, 0.1) is 13.2 Å². The van der Waals surface area contributed by atoms with Gasteiger partial charge in [0.1, 0.15) is 4.49 Å². The van der Waals surface area contributed by atoms with Gasteiger partial charge in [-0.25, -0.2) is 4.79 Å². The topological polar surface area (TPSA) is 41.6 Å². The van der Waals surface area contributed by atoms with E-state index in [0.717, 1.165) is 17.0 Å². The number of carbonyl (C=O) groups is 1. The number of halogens is 6. The van der Waals surface area contributed by atoms with Crippen molar-refractivity contribution in [1.29, 1.82) is 0 Å². The van der Waals surface area contributed by atoms with E-state index < -0.39 is 31.0 Å². The van der Waals surface area contributed by atoms with Gasteiger partial charge >= 0.3 is 12.2 Å². The molecule has 0 radical (unpaired) electrons. The Kier molecular flexibility index (Phi) is 5.59. The smallest absolute Gasteiger partial charge is 0.355 e. The summed E-state index contributed by atoms with van der Waals surface area (Å²) < 4.78 is 46.9. The fourth-order valence-corrected chi connectivity index (χ4v) is 2.65. The van der Waals surface area contributed by atoms with Crippen LogP contribution in [-0.2, 0) is 10.3 Å². The maximum atomic E-state index is 14.0. The van der Waals surface area contributed by atoms with Crippen molar-refractivity contribution in [1.82, 2.24) is 4.90 Å². The normalized spacial score (nSPS) is 21.0. The highest BCUT2D eigenvalue weighted by molar-refractivity contribution is 6.55. The van der Waals surface area contributed by atoms with Crippen LogP contribution in [0.4, 0.5) is 23.7 Å². The number of nitrogens with zero attached hydrogens (tertiary/aromatic N) is 1. The molecule has 1 aliphatic heterocycles. The number of benzene rings is 1. The molecule has 1 aliphatic rings. The number of alkyl halides is 3. The predicted octanol–water partition coefficient (Wildman–Crippen LogP) is 4.91. The number of hydrogen-bond donors (Lipinski definition) is 1. The molecular weight excluding hydrogens is 392 g/mol. The molecular formula is C14H12Cl3F3N2O2. The molecule has 0 aliphatic carbocycles. The number of urea groups is 1. The molecule has 1 aromatic rings. The average Bonchev–Trinajstić information content (AvgIpc) is 2.55. The predicted molar refractivity (Wildman–Crippen MR) is 86.6 cm³/mol. The third-order valence-corrected chi connectivity index (χ3v) is 4.03. The third-order valence-electron chi connectivity index (χ3n) is 3.49. The molecule has 0 fully saturated rings. The van der Waals surface area contributed by atoms with Crippen LogP contribution >= 0.6 is 34.8 Å². The van der Waals surface area contributed by atoms with Crippen LogP contribution in [-0.4, -0.2) is 37.3 Å². The Balaban J connectivity index is 2.64. The van der Waals surface area contributed by atoms with Gasteiger partial charge in [0.25, 0.3) is 0 Å². The van der Waals surface area contributed by atoms with Gasteiger partial charge < -0.3 is 15.0 Å². The third kappa shape index (κ3) is 3.74. The van der Waals surface area contributed by atoms with Crippen molar-refractivity contribution in [3.63, 3.8) is 0 Å². The van der Waals surface area contributed by atoms with Gasteiger partial charge in [-0.1, -0.05) is 34.8 Å². The second-order valence-corrected chi connectivity index (χ2v) is 6.55. The minimum Gasteiger partial charge on any atom is -0.355 e. The summed E-state index contributed by atoms with van der Waals surface area (Å²) in [5, 5.41) is 2.49. The van der Waals surface area contributed by atoms with Gasteiger partial charge in [-0.3, -0.25) is 0 Å². The summed E-state index contributed by atoms with van der Waals surface area (Å²) in [5.74, 6) is 0. The molecule has 0 bridgehead atoms. The van der Waals surface area contributed by atoms with Crippen molar-refractivity contribution >= 4 is 46.5 Å². The Morgan fingerprint density at radius 2 is 2.12 bits per heavy atom. The number of carbonyl (C=O) groups excluding carboxylic acids is 1. The van der Waals surface area contributed by atoms with E-state index in [1.807, 2.05) is 0 Å². The highest BCUT2D eigenvalue weighted by Gasteiger charge is 2.60. The molecule has 2 amide bonds. The fraction of sp³-hybridized carbons (Fsp3) is 0.357. The number of rotatable bonds is 3. The lowest BCUT2D eigenvalue weighted by atomic mass is 9.91. The van der Waals surface area contributed by atoms with Crippen LogP contribution in [0.15, 0.2) is 28.8 Å². The second kappa shape index (κ2) is 7.00. The molecule has 1 N–H and O–H groups in total. The van der Waals surface area contributed by atoms with Gasteiger partial charge in [-0.15, -0.1) is 0 Å². The first-order chi connectivity index (χ1) is 11.1. The van der Waals surface area contributed by atoms with Crippen LogP contribution in [0.3, 0.4) is 0 Å². The van der Waals surface area contributed by atoms with E-state index >= 15 is 0 Å². The van der Waals surface area contributed by atoms with Gasteiger partial charge in [0, 0.05) is 23.3 Å². The fourth-order valence-electron chi connectivity index (χ4n) is 2.36. The molecule has 0 unspecified atom stereocenters. The number of nitrogens with one attached hydrogen (secondary N) is 1. The standard InChI is InChI=1S/C14H12Cl3F3N2O2/c1-22-7-13(14(18,19)20,24-5-4-11(16)17)9-6-8(15)2-3-10(9)21-12(22)23/h2-4,6H,5,7H2,1H3,(H,21,23)/t13-/m0/s1. The van der Waals surface area contributed by atoms with Crippen LogP contribution in [0.1, 0.15) is 5.56 Å². The summed E-state index contributed by atoms with van der Waals surface area (Å²) in [6.45, 7) is -1.26. The highest BCUT2D eigenvalue weighted by atomic mass is 35.5. The van der Waals surface area contributed by atoms with Gasteiger partial charge in [0.15, 0.2) is 0 Å². The van der Waals surface area contributed by atoms with Crippen molar-refractivity contribution < 1.29 is 22.7 Å². The summed E-state index contributed by atoms with van der Waals surface area (Å²) in [6.07, 6.45) is -3.75. The molecule has 2 rings (SSSR count). The maximum absolute atomic E-state index is 14.0. The summed E-state index contributed by atoms with van der Waals surface area (Å²) in [5.41, 5.74) is -3.12. The molecule has 0 spiro atoms. The number of fused-ring (bicyclic) bond motifs is 1. The lowest BCUT2D eigenvalue weighted by Crippen LogP contribution is -2.52. The Morgan fingerprint density at radius 3 is 2.71 bits per heavy atom. The minimum absolute atomic E-state index is 0.0352. The Labute approximate surface area is 151 Å². The van der Waals surface area contributed by atoms with E-state index in [4.69, 9.17) is 39.5 Å². The van der Waals surface area contributed by atoms with Crippen molar-refractivity contribution in [3.8, 4) is 0 Å². The molecule has 1 aromatic carbocycles. The number of amides is 2.